The molecular formula is C32H38Cl2N8O6S2+2. The van der Waals surface area contributed by atoms with E-state index in [0.717, 1.165) is 23.0 Å². The molecule has 2 aromatic heterocycles. The van der Waals surface area contributed by atoms with Crippen LogP contribution in [0.25, 0.3) is 11.4 Å². The summed E-state index contributed by atoms with van der Waals surface area (Å²) < 4.78 is 14.5. The van der Waals surface area contributed by atoms with Crippen LogP contribution in [-0.2, 0) is 28.7 Å². The average molecular weight is 766 g/mol. The van der Waals surface area contributed by atoms with Crippen molar-refractivity contribution >= 4 is 58.7 Å². The van der Waals surface area contributed by atoms with Crippen molar-refractivity contribution in [1.82, 2.24) is 29.5 Å². The number of quaternary nitrogens is 2. The van der Waals surface area contributed by atoms with Crippen molar-refractivity contribution in [2.45, 2.75) is 24.2 Å². The molecule has 50 heavy (non-hydrogen) atoms. The highest BCUT2D eigenvalue weighted by molar-refractivity contribution is 7.99. The summed E-state index contributed by atoms with van der Waals surface area (Å²) in [6.07, 6.45) is 0. The zero-order chi connectivity index (χ0) is 35.1. The van der Waals surface area contributed by atoms with Crippen molar-refractivity contribution in [2.75, 3.05) is 77.2 Å². The number of rotatable bonds is 12. The zero-order valence-electron chi connectivity index (χ0n) is 27.7. The second kappa shape index (κ2) is 16.4. The van der Waals surface area contributed by atoms with Crippen LogP contribution in [0.3, 0.4) is 0 Å². The Morgan fingerprint density at radius 1 is 0.680 bits per heavy atom. The molecule has 0 radical (unpaired) electrons. The number of halogens is 2. The first-order valence-electron chi connectivity index (χ1n) is 16.1. The largest absolute Gasteiger partial charge is 0.480 e. The van der Waals surface area contributed by atoms with Gasteiger partial charge in [-0.05, 0) is 62.4 Å². The molecule has 2 saturated heterocycles. The Hall–Kier alpha value is -3.22. The molecule has 0 N–H and O–H groups in total. The number of morpholine rings is 2. The van der Waals surface area contributed by atoms with Crippen molar-refractivity contribution in [3.05, 3.63) is 70.2 Å². The maximum absolute atomic E-state index is 13.3. The number of carbonyl (C=O) groups is 2. The van der Waals surface area contributed by atoms with E-state index < -0.39 is 11.9 Å². The summed E-state index contributed by atoms with van der Waals surface area (Å²) in [5.41, 5.74) is 1.71. The number of hydroxylamine groups is 6. The van der Waals surface area contributed by atoms with Crippen LogP contribution in [0.15, 0.2) is 58.8 Å². The molecule has 2 aromatic carbocycles. The van der Waals surface area contributed by atoms with E-state index in [-0.39, 0.29) is 9.29 Å². The third kappa shape index (κ3) is 9.16. The quantitative estimate of drug-likeness (QED) is 0.116. The summed E-state index contributed by atoms with van der Waals surface area (Å²) in [7, 11) is 0. The Bertz CT molecular complexity index is 1650. The highest BCUT2D eigenvalue weighted by atomic mass is 35.5. The smallest absolute Gasteiger partial charge is 0.369 e. The minimum absolute atomic E-state index is 0.0575. The van der Waals surface area contributed by atoms with Gasteiger partial charge in [0.2, 0.25) is 10.3 Å². The first-order chi connectivity index (χ1) is 24.1. The Balaban J connectivity index is 1.05. The fourth-order valence-electron chi connectivity index (χ4n) is 5.61. The molecular weight excluding hydrogens is 727 g/mol. The highest BCUT2D eigenvalue weighted by Crippen LogP contribution is 2.24. The predicted octanol–water partition coefficient (Wildman–Crippen LogP) is 4.27. The summed E-state index contributed by atoms with van der Waals surface area (Å²) in [6, 6.07) is 14.7. The molecule has 0 aliphatic carbocycles. The van der Waals surface area contributed by atoms with Gasteiger partial charge in [0.1, 0.15) is 50.9 Å². The Morgan fingerprint density at radius 3 is 1.40 bits per heavy atom. The summed E-state index contributed by atoms with van der Waals surface area (Å²) >= 11 is 15.0. The first-order valence-corrected chi connectivity index (χ1v) is 18.9. The lowest BCUT2D eigenvalue weighted by Crippen LogP contribution is -2.60. The molecule has 0 saturated carbocycles. The number of aromatic nitrogens is 6. The van der Waals surface area contributed by atoms with E-state index in [4.69, 9.17) is 42.4 Å². The van der Waals surface area contributed by atoms with Gasteiger partial charge in [-0.15, -0.1) is 19.5 Å². The van der Waals surface area contributed by atoms with Gasteiger partial charge < -0.3 is 9.47 Å². The summed E-state index contributed by atoms with van der Waals surface area (Å²) in [5.74, 6) is 0.487. The second-order valence-corrected chi connectivity index (χ2v) is 14.8. The molecule has 6 rings (SSSR count). The maximum Gasteiger partial charge on any atom is 0.480 e. The second-order valence-electron chi connectivity index (χ2n) is 11.8. The molecule has 0 atom stereocenters. The normalized spacial score (nSPS) is 17.0. The van der Waals surface area contributed by atoms with Crippen LogP contribution in [-0.4, -0.2) is 128 Å². The number of benzene rings is 2. The van der Waals surface area contributed by atoms with Gasteiger partial charge in [0.25, 0.3) is 0 Å². The molecule has 0 spiro atoms. The lowest BCUT2D eigenvalue weighted by atomic mass is 10.3. The standard InChI is InChI=1S/C32H38Cl2N8O6S2/c1-23-35-31(37-39(23)27-7-3-25(33)4-8-27)49-21-15-41(11-17-45-18-12-41)47-29(43)30(44)48-42(13-19-46-20-14-42)16-22-50-32-36-24(2)40(38-32)28-9-5-26(34)6-10-28/h3-10H,11-22H2,1-2H3/q+2. The Kier molecular flexibility index (Phi) is 12.0. The summed E-state index contributed by atoms with van der Waals surface area (Å²) in [5, 5.41) is 11.7. The van der Waals surface area contributed by atoms with E-state index in [1.807, 2.05) is 38.1 Å². The SMILES string of the molecule is Cc1nc(SCC[N+]2(OC(=O)C(=O)O[N+]3(CCSc4nc(C)n(-c5ccc(Cl)cc5)n4)CCOCC3)CCOCC2)nn1-c1ccc(Cl)cc1. The van der Waals surface area contributed by atoms with Crippen LogP contribution in [0.2, 0.25) is 10.0 Å². The molecule has 14 nitrogen and oxygen atoms in total. The molecule has 0 bridgehead atoms. The molecule has 0 amide bonds. The minimum atomic E-state index is -1.03. The van der Waals surface area contributed by atoms with Crippen LogP contribution in [0.1, 0.15) is 11.6 Å². The molecule has 2 aliphatic heterocycles. The third-order valence-corrected chi connectivity index (χ3v) is 10.5. The van der Waals surface area contributed by atoms with Crippen LogP contribution in [0, 0.1) is 13.8 Å². The van der Waals surface area contributed by atoms with Crippen molar-refractivity contribution in [3.8, 4) is 11.4 Å². The number of hydrogen-bond acceptors (Lipinski definition) is 12. The molecule has 18 heteroatoms. The molecule has 4 aromatic rings. The fourth-order valence-corrected chi connectivity index (χ4v) is 7.75. The Labute approximate surface area is 308 Å². The van der Waals surface area contributed by atoms with Gasteiger partial charge in [0, 0.05) is 10.0 Å². The molecule has 266 valence electrons. The Morgan fingerprint density at radius 2 is 1.04 bits per heavy atom. The number of aryl methyl sites for hydroxylation is 2. The van der Waals surface area contributed by atoms with Gasteiger partial charge in [-0.25, -0.2) is 28.9 Å². The summed E-state index contributed by atoms with van der Waals surface area (Å²) in [4.78, 5) is 47.6. The predicted molar refractivity (Wildman–Crippen MR) is 187 cm³/mol. The molecule has 2 aliphatic rings. The lowest BCUT2D eigenvalue weighted by Gasteiger charge is -2.38. The van der Waals surface area contributed by atoms with Gasteiger partial charge in [0.05, 0.1) is 49.3 Å². The van der Waals surface area contributed by atoms with Crippen LogP contribution >= 0.6 is 46.7 Å². The number of carbonyl (C=O) groups excluding carboxylic acids is 2. The van der Waals surface area contributed by atoms with Crippen LogP contribution in [0.5, 0.6) is 0 Å². The molecule has 0 unspecified atom stereocenters. The lowest BCUT2D eigenvalue weighted by molar-refractivity contribution is -1.10. The third-order valence-electron chi connectivity index (χ3n) is 8.39. The van der Waals surface area contributed by atoms with Gasteiger partial charge in [-0.3, -0.25) is 9.68 Å². The first kappa shape index (κ1) is 36.6. The number of nitrogens with zero attached hydrogens (tertiary/aromatic N) is 8. The van der Waals surface area contributed by atoms with Crippen molar-refractivity contribution in [3.63, 3.8) is 0 Å². The van der Waals surface area contributed by atoms with E-state index in [2.05, 4.69) is 20.2 Å². The van der Waals surface area contributed by atoms with Crippen molar-refractivity contribution < 1.29 is 38.0 Å². The van der Waals surface area contributed by atoms with E-state index in [0.29, 0.717) is 97.6 Å². The van der Waals surface area contributed by atoms with Crippen molar-refractivity contribution in [1.29, 1.82) is 0 Å². The van der Waals surface area contributed by atoms with E-state index >= 15 is 0 Å². The highest BCUT2D eigenvalue weighted by Gasteiger charge is 2.43. The number of ether oxygens (including phenoxy) is 2. The van der Waals surface area contributed by atoms with Gasteiger partial charge in [0.15, 0.2) is 0 Å². The minimum Gasteiger partial charge on any atom is -0.369 e. The fraction of sp³-hybridized carbons (Fsp3) is 0.438. The van der Waals surface area contributed by atoms with Gasteiger partial charge >= 0.3 is 11.9 Å². The summed E-state index contributed by atoms with van der Waals surface area (Å²) in [6.45, 7) is 7.83. The van der Waals surface area contributed by atoms with Crippen LogP contribution in [0.4, 0.5) is 0 Å². The number of thioether (sulfide) groups is 2. The topological polar surface area (TPSA) is 132 Å². The van der Waals surface area contributed by atoms with Gasteiger partial charge in [-0.2, -0.15) is 0 Å². The van der Waals surface area contributed by atoms with Crippen LogP contribution < -0.4 is 0 Å². The van der Waals surface area contributed by atoms with E-state index in [9.17, 15) is 9.59 Å². The van der Waals surface area contributed by atoms with Crippen molar-refractivity contribution in [2.24, 2.45) is 0 Å². The van der Waals surface area contributed by atoms with E-state index in [1.165, 1.54) is 23.5 Å². The van der Waals surface area contributed by atoms with E-state index in [1.54, 1.807) is 33.6 Å². The van der Waals surface area contributed by atoms with Gasteiger partial charge in [-0.1, -0.05) is 46.7 Å². The number of hydrogen-bond donors (Lipinski definition) is 0. The average Bonchev–Trinajstić information content (AvgIpc) is 3.67. The zero-order valence-corrected chi connectivity index (χ0v) is 30.8. The monoisotopic (exact) mass is 764 g/mol. The maximum atomic E-state index is 13.3. The molecule has 4 heterocycles. The molecule has 2 fully saturated rings.